The van der Waals surface area contributed by atoms with E-state index >= 15 is 0 Å². The number of nitrogens with one attached hydrogen (secondary N) is 1. The van der Waals surface area contributed by atoms with Gasteiger partial charge in [0.15, 0.2) is 5.82 Å². The Labute approximate surface area is 123 Å². The van der Waals surface area contributed by atoms with Gasteiger partial charge in [0, 0.05) is 12.4 Å². The van der Waals surface area contributed by atoms with Crippen LogP contribution in [0.1, 0.15) is 42.8 Å². The molecule has 0 unspecified atom stereocenters. The van der Waals surface area contributed by atoms with E-state index in [-0.39, 0.29) is 0 Å². The van der Waals surface area contributed by atoms with Gasteiger partial charge in [0.25, 0.3) is 0 Å². The minimum absolute atomic E-state index is 0.384. The quantitative estimate of drug-likeness (QED) is 0.798. The third-order valence-corrected chi connectivity index (χ3v) is 3.48. The first kappa shape index (κ1) is 13.6. The highest BCUT2D eigenvalue weighted by Gasteiger charge is 2.11. The summed E-state index contributed by atoms with van der Waals surface area (Å²) in [6.45, 7) is 8.61. The number of nitrogens with zero attached hydrogens (tertiary/aromatic N) is 4. The van der Waals surface area contributed by atoms with E-state index in [1.165, 1.54) is 0 Å². The number of hydrogen-bond acceptors (Lipinski definition) is 5. The van der Waals surface area contributed by atoms with Gasteiger partial charge in [-0.1, -0.05) is 13.8 Å². The second-order valence-corrected chi connectivity index (χ2v) is 5.43. The molecule has 0 radical (unpaired) electrons. The molecule has 3 aromatic rings. The van der Waals surface area contributed by atoms with Crippen LogP contribution in [0, 0.1) is 13.8 Å². The van der Waals surface area contributed by atoms with Crippen molar-refractivity contribution in [3.8, 4) is 0 Å². The second kappa shape index (κ2) is 5.20. The van der Waals surface area contributed by atoms with Gasteiger partial charge < -0.3 is 9.73 Å². The number of anilines is 1. The molecule has 3 aromatic heterocycles. The first-order valence-corrected chi connectivity index (χ1v) is 7.05. The van der Waals surface area contributed by atoms with Crippen molar-refractivity contribution < 1.29 is 4.42 Å². The lowest BCUT2D eigenvalue weighted by atomic mass is 10.1. The van der Waals surface area contributed by atoms with E-state index in [1.807, 2.05) is 24.6 Å². The van der Waals surface area contributed by atoms with Crippen LogP contribution in [-0.2, 0) is 6.54 Å². The molecule has 0 atom stereocenters. The Morgan fingerprint density at radius 3 is 2.81 bits per heavy atom. The van der Waals surface area contributed by atoms with Gasteiger partial charge in [-0.3, -0.25) is 0 Å². The molecule has 0 aliphatic carbocycles. The Kier molecular flexibility index (Phi) is 3.37. The highest BCUT2D eigenvalue weighted by atomic mass is 16.4. The van der Waals surface area contributed by atoms with Crippen LogP contribution < -0.4 is 5.32 Å². The molecular formula is C15H19N5O. The second-order valence-electron chi connectivity index (χ2n) is 5.43. The fraction of sp³-hybridized carbons (Fsp3) is 0.400. The van der Waals surface area contributed by atoms with Crippen molar-refractivity contribution in [1.29, 1.82) is 0 Å². The van der Waals surface area contributed by atoms with E-state index in [4.69, 9.17) is 4.42 Å². The zero-order chi connectivity index (χ0) is 15.0. The van der Waals surface area contributed by atoms with Gasteiger partial charge in [-0.2, -0.15) is 5.10 Å². The highest BCUT2D eigenvalue weighted by Crippen LogP contribution is 2.20. The zero-order valence-corrected chi connectivity index (χ0v) is 12.7. The van der Waals surface area contributed by atoms with Crippen LogP contribution in [0.5, 0.6) is 0 Å². The third-order valence-electron chi connectivity index (χ3n) is 3.48. The van der Waals surface area contributed by atoms with Gasteiger partial charge in [-0.15, -0.1) is 0 Å². The van der Waals surface area contributed by atoms with E-state index in [0.717, 1.165) is 28.5 Å². The molecule has 0 aliphatic rings. The maximum atomic E-state index is 5.57. The first-order valence-electron chi connectivity index (χ1n) is 7.05. The van der Waals surface area contributed by atoms with Crippen molar-refractivity contribution in [3.05, 3.63) is 41.5 Å². The van der Waals surface area contributed by atoms with E-state index in [0.29, 0.717) is 18.4 Å². The largest absolute Gasteiger partial charge is 0.444 e. The average molecular weight is 285 g/mol. The van der Waals surface area contributed by atoms with Crippen LogP contribution in [0.15, 0.2) is 22.9 Å². The van der Waals surface area contributed by atoms with Crippen LogP contribution in [-0.4, -0.2) is 19.6 Å². The molecule has 0 fully saturated rings. The van der Waals surface area contributed by atoms with Gasteiger partial charge >= 0.3 is 0 Å². The Bertz CT molecular complexity index is 752. The van der Waals surface area contributed by atoms with Crippen molar-refractivity contribution >= 4 is 11.3 Å². The number of aromatic nitrogens is 4. The van der Waals surface area contributed by atoms with E-state index < -0.39 is 0 Å². The summed E-state index contributed by atoms with van der Waals surface area (Å²) in [6.07, 6.45) is 3.59. The zero-order valence-electron chi connectivity index (χ0n) is 12.7. The molecule has 0 aliphatic heterocycles. The maximum absolute atomic E-state index is 5.57. The summed E-state index contributed by atoms with van der Waals surface area (Å²) in [5, 5.41) is 7.81. The molecule has 6 nitrogen and oxygen atoms in total. The molecule has 0 bridgehead atoms. The summed E-state index contributed by atoms with van der Waals surface area (Å²) >= 11 is 0. The average Bonchev–Trinajstić information content (AvgIpc) is 3.01. The summed E-state index contributed by atoms with van der Waals surface area (Å²) in [5.74, 6) is 2.68. The Morgan fingerprint density at radius 2 is 2.14 bits per heavy atom. The molecule has 6 heteroatoms. The van der Waals surface area contributed by atoms with Crippen molar-refractivity contribution in [1.82, 2.24) is 19.6 Å². The van der Waals surface area contributed by atoms with Crippen LogP contribution in [0.2, 0.25) is 0 Å². The minimum atomic E-state index is 0.384. The summed E-state index contributed by atoms with van der Waals surface area (Å²) in [5.41, 5.74) is 2.93. The number of fused-ring (bicyclic) bond motifs is 1. The van der Waals surface area contributed by atoms with Crippen LogP contribution in [0.4, 0.5) is 5.82 Å². The highest BCUT2D eigenvalue weighted by molar-refractivity contribution is 5.67. The standard InChI is InChI=1S/C15H19N5O/c1-9(2)12-7-13-15(16-5-6-20(13)19-12)17-8-14-18-10(3)11(4)21-14/h5-7,9H,8H2,1-4H3,(H,16,17). The van der Waals surface area contributed by atoms with Gasteiger partial charge in [0.2, 0.25) is 5.89 Å². The smallest absolute Gasteiger partial charge is 0.213 e. The van der Waals surface area contributed by atoms with Crippen molar-refractivity contribution in [2.75, 3.05) is 5.32 Å². The lowest BCUT2D eigenvalue weighted by Crippen LogP contribution is -2.03. The molecular weight excluding hydrogens is 266 g/mol. The summed E-state index contributed by atoms with van der Waals surface area (Å²) < 4.78 is 7.41. The predicted molar refractivity (Wildman–Crippen MR) is 80.4 cm³/mol. The van der Waals surface area contributed by atoms with E-state index in [1.54, 1.807) is 6.20 Å². The van der Waals surface area contributed by atoms with Gasteiger partial charge in [0.05, 0.1) is 17.9 Å². The molecule has 3 rings (SSSR count). The first-order chi connectivity index (χ1) is 10.0. The molecule has 0 spiro atoms. The van der Waals surface area contributed by atoms with Gasteiger partial charge in [-0.05, 0) is 25.8 Å². The number of oxazole rings is 1. The van der Waals surface area contributed by atoms with Gasteiger partial charge in [-0.25, -0.2) is 14.5 Å². The monoisotopic (exact) mass is 285 g/mol. The lowest BCUT2D eigenvalue weighted by molar-refractivity contribution is 0.478. The topological polar surface area (TPSA) is 68.2 Å². The molecule has 0 aromatic carbocycles. The Hall–Kier alpha value is -2.37. The number of hydrogen-bond donors (Lipinski definition) is 1. The fourth-order valence-corrected chi connectivity index (χ4v) is 2.13. The van der Waals surface area contributed by atoms with Crippen LogP contribution in [0.3, 0.4) is 0 Å². The fourth-order valence-electron chi connectivity index (χ4n) is 2.13. The Balaban J connectivity index is 1.86. The molecule has 3 heterocycles. The van der Waals surface area contributed by atoms with Crippen LogP contribution >= 0.6 is 0 Å². The minimum Gasteiger partial charge on any atom is -0.444 e. The van der Waals surface area contributed by atoms with Crippen molar-refractivity contribution in [3.63, 3.8) is 0 Å². The molecule has 0 amide bonds. The van der Waals surface area contributed by atoms with E-state index in [9.17, 15) is 0 Å². The predicted octanol–water partition coefficient (Wildman–Crippen LogP) is 3.07. The maximum Gasteiger partial charge on any atom is 0.213 e. The van der Waals surface area contributed by atoms with Crippen molar-refractivity contribution in [2.45, 2.75) is 40.2 Å². The molecule has 0 saturated heterocycles. The molecule has 1 N–H and O–H groups in total. The summed E-state index contributed by atoms with van der Waals surface area (Å²) in [6, 6.07) is 2.06. The normalized spacial score (nSPS) is 11.5. The number of aryl methyl sites for hydroxylation is 2. The van der Waals surface area contributed by atoms with Crippen molar-refractivity contribution in [2.24, 2.45) is 0 Å². The third kappa shape index (κ3) is 2.61. The summed E-state index contributed by atoms with van der Waals surface area (Å²) in [4.78, 5) is 8.74. The molecule has 0 saturated carbocycles. The lowest BCUT2D eigenvalue weighted by Gasteiger charge is -2.04. The number of rotatable bonds is 4. The summed E-state index contributed by atoms with van der Waals surface area (Å²) in [7, 11) is 0. The van der Waals surface area contributed by atoms with Crippen LogP contribution in [0.25, 0.3) is 5.52 Å². The van der Waals surface area contributed by atoms with E-state index in [2.05, 4.69) is 40.3 Å². The SMILES string of the molecule is Cc1nc(CNc2nccn3nc(C(C)C)cc23)oc1C. The van der Waals surface area contributed by atoms with Gasteiger partial charge in [0.1, 0.15) is 11.3 Å². The molecule has 21 heavy (non-hydrogen) atoms. The Morgan fingerprint density at radius 1 is 1.33 bits per heavy atom. The molecule has 110 valence electrons.